The molecule has 3 rings (SSSR count). The van der Waals surface area contributed by atoms with Gasteiger partial charge < -0.3 is 5.32 Å². The zero-order chi connectivity index (χ0) is 14.3. The molecular formula is C15H23N3OS. The number of piperidine rings is 1. The van der Waals surface area contributed by atoms with Crippen LogP contribution in [-0.4, -0.2) is 29.5 Å². The fraction of sp³-hybridized carbons (Fsp3) is 0.733. The lowest BCUT2D eigenvalue weighted by Crippen LogP contribution is -2.51. The van der Waals surface area contributed by atoms with Gasteiger partial charge in [-0.15, -0.1) is 11.3 Å². The van der Waals surface area contributed by atoms with Crippen molar-refractivity contribution in [2.75, 3.05) is 11.4 Å². The maximum absolute atomic E-state index is 12.6. The highest BCUT2D eigenvalue weighted by Crippen LogP contribution is 2.31. The van der Waals surface area contributed by atoms with Crippen LogP contribution in [0.15, 0.2) is 5.38 Å². The van der Waals surface area contributed by atoms with Gasteiger partial charge in [0.15, 0.2) is 5.13 Å². The Labute approximate surface area is 124 Å². The van der Waals surface area contributed by atoms with Gasteiger partial charge in [0.2, 0.25) is 5.91 Å². The minimum absolute atomic E-state index is 0.00163. The van der Waals surface area contributed by atoms with Gasteiger partial charge in [-0.05, 0) is 25.7 Å². The molecule has 110 valence electrons. The molecule has 1 amide bonds. The molecule has 1 aliphatic carbocycles. The van der Waals surface area contributed by atoms with Crippen molar-refractivity contribution < 1.29 is 4.79 Å². The van der Waals surface area contributed by atoms with Crippen LogP contribution < -0.4 is 10.2 Å². The second-order valence-electron chi connectivity index (χ2n) is 6.89. The van der Waals surface area contributed by atoms with Crippen LogP contribution in [0.1, 0.15) is 52.1 Å². The van der Waals surface area contributed by atoms with E-state index in [9.17, 15) is 4.79 Å². The second-order valence-corrected chi connectivity index (χ2v) is 7.73. The average Bonchev–Trinajstić information content (AvgIpc) is 3.04. The summed E-state index contributed by atoms with van der Waals surface area (Å²) in [6.45, 7) is 7.27. The lowest BCUT2D eigenvalue weighted by molar-refractivity contribution is -0.121. The minimum Gasteiger partial charge on any atom is -0.303 e. The molecule has 0 bridgehead atoms. The summed E-state index contributed by atoms with van der Waals surface area (Å²) in [4.78, 5) is 19.1. The van der Waals surface area contributed by atoms with E-state index in [0.29, 0.717) is 6.04 Å². The Balaban J connectivity index is 1.74. The average molecular weight is 293 g/mol. The maximum atomic E-state index is 12.6. The first-order valence-electron chi connectivity index (χ1n) is 7.48. The van der Waals surface area contributed by atoms with Crippen molar-refractivity contribution in [3.63, 3.8) is 0 Å². The van der Waals surface area contributed by atoms with Gasteiger partial charge in [0.1, 0.15) is 0 Å². The molecule has 4 nitrogen and oxygen atoms in total. The van der Waals surface area contributed by atoms with Crippen LogP contribution >= 0.6 is 11.3 Å². The van der Waals surface area contributed by atoms with Crippen LogP contribution in [-0.2, 0) is 10.2 Å². The number of carbonyl (C=O) groups excluding carboxylic acids is 1. The Bertz CT molecular complexity index is 501. The van der Waals surface area contributed by atoms with E-state index in [1.165, 1.54) is 12.8 Å². The largest absolute Gasteiger partial charge is 0.303 e. The number of rotatable bonds is 3. The summed E-state index contributed by atoms with van der Waals surface area (Å²) in [6, 6.07) is 0.573. The smallest absolute Gasteiger partial charge is 0.245 e. The van der Waals surface area contributed by atoms with Crippen LogP contribution in [0.5, 0.6) is 0 Å². The minimum atomic E-state index is -0.00163. The maximum Gasteiger partial charge on any atom is 0.245 e. The molecule has 0 radical (unpaired) electrons. The predicted octanol–water partition coefficient (Wildman–Crippen LogP) is 2.69. The van der Waals surface area contributed by atoms with E-state index < -0.39 is 0 Å². The molecule has 1 atom stereocenters. The molecule has 1 aromatic heterocycles. The van der Waals surface area contributed by atoms with Crippen molar-refractivity contribution in [3.05, 3.63) is 11.1 Å². The summed E-state index contributed by atoms with van der Waals surface area (Å²) in [7, 11) is 0. The number of amides is 1. The van der Waals surface area contributed by atoms with Gasteiger partial charge in [-0.1, -0.05) is 20.8 Å². The first-order chi connectivity index (χ1) is 9.45. The number of anilines is 1. The molecule has 0 spiro atoms. The lowest BCUT2D eigenvalue weighted by Gasteiger charge is -2.31. The molecule has 20 heavy (non-hydrogen) atoms. The van der Waals surface area contributed by atoms with Crippen LogP contribution in [0.4, 0.5) is 5.13 Å². The number of carbonyl (C=O) groups is 1. The number of nitrogens with one attached hydrogen (secondary N) is 1. The van der Waals surface area contributed by atoms with Gasteiger partial charge in [0.05, 0.1) is 11.7 Å². The summed E-state index contributed by atoms with van der Waals surface area (Å²) >= 11 is 1.59. The first-order valence-corrected chi connectivity index (χ1v) is 8.36. The molecule has 1 saturated carbocycles. The van der Waals surface area contributed by atoms with E-state index in [2.05, 4.69) is 36.5 Å². The fourth-order valence-corrected chi connectivity index (χ4v) is 3.57. The van der Waals surface area contributed by atoms with E-state index >= 15 is 0 Å². The SMILES string of the molecule is CC(C)(C)c1csc(N2CCCC(NC3CC3)C2=O)n1. The van der Waals surface area contributed by atoms with E-state index in [4.69, 9.17) is 0 Å². The first kappa shape index (κ1) is 14.0. The Morgan fingerprint density at radius 2 is 2.10 bits per heavy atom. The van der Waals surface area contributed by atoms with Crippen molar-refractivity contribution >= 4 is 22.4 Å². The van der Waals surface area contributed by atoms with E-state index in [0.717, 1.165) is 30.2 Å². The highest BCUT2D eigenvalue weighted by Gasteiger charge is 2.35. The summed E-state index contributed by atoms with van der Waals surface area (Å²) in [5.74, 6) is 0.206. The summed E-state index contributed by atoms with van der Waals surface area (Å²) in [5.41, 5.74) is 1.11. The molecule has 5 heteroatoms. The molecule has 1 aromatic rings. The fourth-order valence-electron chi connectivity index (χ4n) is 2.49. The Kier molecular flexibility index (Phi) is 3.58. The van der Waals surface area contributed by atoms with Crippen molar-refractivity contribution in [3.8, 4) is 0 Å². The van der Waals surface area contributed by atoms with Gasteiger partial charge >= 0.3 is 0 Å². The standard InChI is InChI=1S/C15H23N3OS/c1-15(2,3)12-9-20-14(17-12)18-8-4-5-11(13(18)19)16-10-6-7-10/h9-11,16H,4-8H2,1-3H3. The summed E-state index contributed by atoms with van der Waals surface area (Å²) in [5, 5.41) is 6.41. The molecule has 2 aliphatic rings. The van der Waals surface area contributed by atoms with Crippen molar-refractivity contribution in [2.45, 2.75) is 64.0 Å². The molecule has 2 heterocycles. The Morgan fingerprint density at radius 3 is 2.70 bits per heavy atom. The molecule has 0 aromatic carbocycles. The zero-order valence-electron chi connectivity index (χ0n) is 12.5. The lowest BCUT2D eigenvalue weighted by atomic mass is 9.93. The summed E-state index contributed by atoms with van der Waals surface area (Å²) < 4.78 is 0. The van der Waals surface area contributed by atoms with E-state index in [1.807, 2.05) is 4.90 Å². The molecular weight excluding hydrogens is 270 g/mol. The predicted molar refractivity (Wildman–Crippen MR) is 82.3 cm³/mol. The van der Waals surface area contributed by atoms with E-state index in [-0.39, 0.29) is 17.4 Å². The third kappa shape index (κ3) is 2.88. The third-order valence-corrected chi connectivity index (χ3v) is 4.81. The van der Waals surface area contributed by atoms with E-state index in [1.54, 1.807) is 11.3 Å². The molecule has 1 N–H and O–H groups in total. The van der Waals surface area contributed by atoms with Gasteiger partial charge in [-0.3, -0.25) is 9.69 Å². The number of aromatic nitrogens is 1. The molecule has 1 unspecified atom stereocenters. The molecule has 1 saturated heterocycles. The Hall–Kier alpha value is -0.940. The highest BCUT2D eigenvalue weighted by atomic mass is 32.1. The van der Waals surface area contributed by atoms with Crippen LogP contribution in [0.2, 0.25) is 0 Å². The number of hydrogen-bond acceptors (Lipinski definition) is 4. The van der Waals surface area contributed by atoms with Crippen molar-refractivity contribution in [1.82, 2.24) is 10.3 Å². The summed E-state index contributed by atoms with van der Waals surface area (Å²) in [6.07, 6.45) is 4.45. The topological polar surface area (TPSA) is 45.2 Å². The zero-order valence-corrected chi connectivity index (χ0v) is 13.3. The molecule has 1 aliphatic heterocycles. The number of nitrogens with zero attached hydrogens (tertiary/aromatic N) is 2. The highest BCUT2D eigenvalue weighted by molar-refractivity contribution is 7.14. The normalized spacial score (nSPS) is 24.2. The van der Waals surface area contributed by atoms with Crippen molar-refractivity contribution in [2.24, 2.45) is 0 Å². The van der Waals surface area contributed by atoms with Crippen molar-refractivity contribution in [1.29, 1.82) is 0 Å². The van der Waals surface area contributed by atoms with Crippen LogP contribution in [0.25, 0.3) is 0 Å². The quantitative estimate of drug-likeness (QED) is 0.932. The van der Waals surface area contributed by atoms with Gasteiger partial charge in [0, 0.05) is 23.4 Å². The van der Waals surface area contributed by atoms with Crippen LogP contribution in [0.3, 0.4) is 0 Å². The van der Waals surface area contributed by atoms with Crippen LogP contribution in [0, 0.1) is 0 Å². The number of thiazole rings is 1. The van der Waals surface area contributed by atoms with Gasteiger partial charge in [0.25, 0.3) is 0 Å². The Morgan fingerprint density at radius 1 is 1.35 bits per heavy atom. The third-order valence-electron chi connectivity index (χ3n) is 3.94. The number of hydrogen-bond donors (Lipinski definition) is 1. The monoisotopic (exact) mass is 293 g/mol. The molecule has 2 fully saturated rings. The van der Waals surface area contributed by atoms with Gasteiger partial charge in [-0.2, -0.15) is 0 Å². The van der Waals surface area contributed by atoms with Gasteiger partial charge in [-0.25, -0.2) is 4.98 Å². The second kappa shape index (κ2) is 5.11.